The van der Waals surface area contributed by atoms with E-state index >= 15 is 0 Å². The minimum Gasteiger partial charge on any atom is -0.422 e. The van der Waals surface area contributed by atoms with Crippen LogP contribution < -0.4 is 17.1 Å². The second-order valence-electron chi connectivity index (χ2n) is 12.8. The predicted octanol–water partition coefficient (Wildman–Crippen LogP) is 5.36. The molecule has 5 nitrogen and oxygen atoms in total. The van der Waals surface area contributed by atoms with Crippen LogP contribution >= 0.6 is 0 Å². The maximum atomic E-state index is 13.3. The molecule has 0 aliphatic heterocycles. The van der Waals surface area contributed by atoms with Gasteiger partial charge >= 0.3 is 5.63 Å². The molecule has 35 heavy (non-hydrogen) atoms. The third kappa shape index (κ3) is 3.44. The van der Waals surface area contributed by atoms with Crippen LogP contribution in [0.1, 0.15) is 88.7 Å². The number of nitrogen functional groups attached to an aromatic ring is 1. The average Bonchev–Trinajstić information content (AvgIpc) is 3.13. The molecular weight excluding hydrogens is 436 g/mol. The Labute approximate surface area is 208 Å². The zero-order chi connectivity index (χ0) is 24.5. The lowest BCUT2D eigenvalue weighted by Gasteiger charge is -2.61. The van der Waals surface area contributed by atoms with Crippen LogP contribution in [0.25, 0.3) is 11.0 Å². The van der Waals surface area contributed by atoms with E-state index < -0.39 is 0 Å². The van der Waals surface area contributed by atoms with E-state index in [9.17, 15) is 9.90 Å². The summed E-state index contributed by atoms with van der Waals surface area (Å²) in [5, 5.41) is 11.8. The van der Waals surface area contributed by atoms with Gasteiger partial charge in [-0.25, -0.2) is 4.79 Å². The minimum atomic E-state index is -0.192. The topological polar surface area (TPSA) is 102 Å². The third-order valence-electron chi connectivity index (χ3n) is 11.5. The predicted molar refractivity (Wildman–Crippen MR) is 140 cm³/mol. The molecule has 4 fully saturated rings. The smallest absolute Gasteiger partial charge is 0.340 e. The van der Waals surface area contributed by atoms with Gasteiger partial charge in [0.1, 0.15) is 5.58 Å². The molecule has 8 atom stereocenters. The van der Waals surface area contributed by atoms with Crippen molar-refractivity contribution in [2.24, 2.45) is 40.2 Å². The lowest BCUT2D eigenvalue weighted by Crippen LogP contribution is -2.54. The molecule has 1 aromatic heterocycles. The van der Waals surface area contributed by atoms with Crippen LogP contribution in [-0.2, 0) is 6.42 Å². The normalized spacial score (nSPS) is 40.8. The Kier molecular flexibility index (Phi) is 5.61. The van der Waals surface area contributed by atoms with E-state index in [1.54, 1.807) is 6.07 Å². The standard InChI is InChI=1S/C30H42N2O3/c1-29-12-9-17(27-21(11-14-31)20-6-4-19(32)16-25(20)35-28(27)34)15-18(29)3-5-22-23-7-8-26(33)30(23,2)13-10-24(22)29/h4,6,16-18,22-24,26,33H,3,5,7-15,31-32H2,1-2H3/t17?,18?,22?,23?,24?,26-,29-,30-/m0/s1. The highest BCUT2D eigenvalue weighted by Gasteiger charge is 2.60. The Morgan fingerprint density at radius 3 is 2.60 bits per heavy atom. The number of anilines is 1. The van der Waals surface area contributed by atoms with E-state index in [4.69, 9.17) is 15.9 Å². The van der Waals surface area contributed by atoms with Gasteiger partial charge in [0.05, 0.1) is 6.10 Å². The van der Waals surface area contributed by atoms with E-state index in [0.717, 1.165) is 47.6 Å². The Morgan fingerprint density at radius 2 is 1.80 bits per heavy atom. The van der Waals surface area contributed by atoms with Gasteiger partial charge in [-0.05, 0) is 129 Å². The molecule has 190 valence electrons. The first kappa shape index (κ1) is 23.5. The quantitative estimate of drug-likeness (QED) is 0.407. The lowest BCUT2D eigenvalue weighted by molar-refractivity contribution is -0.123. The van der Waals surface area contributed by atoms with Crippen molar-refractivity contribution in [1.29, 1.82) is 0 Å². The number of fused-ring (bicyclic) bond motifs is 6. The Bertz CT molecular complexity index is 1190. The summed E-state index contributed by atoms with van der Waals surface area (Å²) in [4.78, 5) is 13.3. The highest BCUT2D eigenvalue weighted by atomic mass is 16.4. The number of aliphatic hydroxyl groups is 1. The minimum absolute atomic E-state index is 0.113. The van der Waals surface area contributed by atoms with Gasteiger partial charge in [-0.2, -0.15) is 0 Å². The first-order valence-corrected chi connectivity index (χ1v) is 14.0. The van der Waals surface area contributed by atoms with Gasteiger partial charge in [-0.3, -0.25) is 0 Å². The molecule has 4 aliphatic rings. The average molecular weight is 479 g/mol. The summed E-state index contributed by atoms with van der Waals surface area (Å²) in [6.45, 7) is 5.44. The zero-order valence-electron chi connectivity index (χ0n) is 21.4. The number of benzene rings is 1. The third-order valence-corrected chi connectivity index (χ3v) is 11.5. The molecule has 0 bridgehead atoms. The Hall–Kier alpha value is -1.85. The van der Waals surface area contributed by atoms with Crippen LogP contribution in [-0.4, -0.2) is 17.8 Å². The molecular formula is C30H42N2O3. The van der Waals surface area contributed by atoms with Gasteiger partial charge in [0.2, 0.25) is 0 Å². The molecule has 5 heteroatoms. The van der Waals surface area contributed by atoms with Crippen LogP contribution in [0, 0.1) is 34.5 Å². The zero-order valence-corrected chi connectivity index (χ0v) is 21.4. The van der Waals surface area contributed by atoms with Gasteiger partial charge in [-0.15, -0.1) is 0 Å². The van der Waals surface area contributed by atoms with Gasteiger partial charge in [-0.1, -0.05) is 13.8 Å². The molecule has 1 aromatic carbocycles. The monoisotopic (exact) mass is 478 g/mol. The van der Waals surface area contributed by atoms with Gasteiger partial charge < -0.3 is 21.0 Å². The Morgan fingerprint density at radius 1 is 1.03 bits per heavy atom. The molecule has 6 rings (SSSR count). The number of hydrogen-bond donors (Lipinski definition) is 3. The van der Waals surface area contributed by atoms with E-state index in [0.29, 0.717) is 41.5 Å². The highest BCUT2D eigenvalue weighted by Crippen LogP contribution is 2.67. The lowest BCUT2D eigenvalue weighted by atomic mass is 9.44. The molecule has 0 saturated heterocycles. The van der Waals surface area contributed by atoms with Crippen molar-refractivity contribution in [3.63, 3.8) is 0 Å². The van der Waals surface area contributed by atoms with Crippen LogP contribution in [0.15, 0.2) is 27.4 Å². The van der Waals surface area contributed by atoms with Gasteiger partial charge in [0, 0.05) is 22.7 Å². The van der Waals surface area contributed by atoms with E-state index in [2.05, 4.69) is 13.8 Å². The number of hydrogen-bond acceptors (Lipinski definition) is 5. The fourth-order valence-corrected chi connectivity index (χ4v) is 9.62. The molecule has 0 spiro atoms. The van der Waals surface area contributed by atoms with Crippen LogP contribution in [0.4, 0.5) is 5.69 Å². The fourth-order valence-electron chi connectivity index (χ4n) is 9.62. The SMILES string of the molecule is C[C@]12CCC(c3c(CCN)c4ccc(N)cc4oc3=O)CC1CCC1C2CC[C@@]2(C)C1CC[C@@H]2O. The highest BCUT2D eigenvalue weighted by molar-refractivity contribution is 5.84. The number of aliphatic hydroxyl groups excluding tert-OH is 1. The largest absolute Gasteiger partial charge is 0.422 e. The van der Waals surface area contributed by atoms with Crippen LogP contribution in [0.2, 0.25) is 0 Å². The summed E-state index contributed by atoms with van der Waals surface area (Å²) in [5.41, 5.74) is 15.4. The summed E-state index contributed by atoms with van der Waals surface area (Å²) in [6.07, 6.45) is 11.0. The molecule has 4 aliphatic carbocycles. The van der Waals surface area contributed by atoms with Crippen molar-refractivity contribution in [2.45, 2.75) is 90.1 Å². The molecule has 1 heterocycles. The fraction of sp³-hybridized carbons (Fsp3) is 0.700. The number of rotatable bonds is 3. The molecule has 2 aromatic rings. The summed E-state index contributed by atoms with van der Waals surface area (Å²) >= 11 is 0. The maximum absolute atomic E-state index is 13.3. The van der Waals surface area contributed by atoms with Crippen molar-refractivity contribution >= 4 is 16.7 Å². The summed E-state index contributed by atoms with van der Waals surface area (Å²) in [5.74, 6) is 3.08. The molecule has 0 amide bonds. The molecule has 5 N–H and O–H groups in total. The van der Waals surface area contributed by atoms with Crippen LogP contribution in [0.3, 0.4) is 0 Å². The summed E-state index contributed by atoms with van der Waals surface area (Å²) in [7, 11) is 0. The van der Waals surface area contributed by atoms with Crippen molar-refractivity contribution in [3.05, 3.63) is 39.7 Å². The summed E-state index contributed by atoms with van der Waals surface area (Å²) < 4.78 is 5.83. The second-order valence-corrected chi connectivity index (χ2v) is 12.8. The van der Waals surface area contributed by atoms with E-state index in [1.807, 2.05) is 12.1 Å². The van der Waals surface area contributed by atoms with Gasteiger partial charge in [0.15, 0.2) is 0 Å². The summed E-state index contributed by atoms with van der Waals surface area (Å²) in [6, 6.07) is 5.65. The second kappa shape index (κ2) is 8.34. The van der Waals surface area contributed by atoms with Crippen LogP contribution in [0.5, 0.6) is 0 Å². The maximum Gasteiger partial charge on any atom is 0.340 e. The van der Waals surface area contributed by atoms with Crippen molar-refractivity contribution < 1.29 is 9.52 Å². The molecule has 4 saturated carbocycles. The van der Waals surface area contributed by atoms with Crippen molar-refractivity contribution in [2.75, 3.05) is 12.3 Å². The molecule has 5 unspecified atom stereocenters. The first-order chi connectivity index (χ1) is 16.8. The van der Waals surface area contributed by atoms with E-state index in [-0.39, 0.29) is 23.1 Å². The van der Waals surface area contributed by atoms with Gasteiger partial charge in [0.25, 0.3) is 0 Å². The first-order valence-electron chi connectivity index (χ1n) is 14.0. The Balaban J connectivity index is 1.31. The molecule has 0 radical (unpaired) electrons. The van der Waals surface area contributed by atoms with E-state index in [1.165, 1.54) is 38.5 Å². The van der Waals surface area contributed by atoms with Crippen molar-refractivity contribution in [3.8, 4) is 0 Å². The number of nitrogens with two attached hydrogens (primary N) is 2. The van der Waals surface area contributed by atoms with Crippen molar-refractivity contribution in [1.82, 2.24) is 0 Å².